The van der Waals surface area contributed by atoms with Gasteiger partial charge in [0.05, 0.1) is 28.0 Å². The van der Waals surface area contributed by atoms with Gasteiger partial charge in [-0.25, -0.2) is 8.42 Å². The van der Waals surface area contributed by atoms with E-state index in [1.807, 2.05) is 13.8 Å². The van der Waals surface area contributed by atoms with Crippen LogP contribution in [0.5, 0.6) is 0 Å². The van der Waals surface area contributed by atoms with Crippen LogP contribution in [0.3, 0.4) is 0 Å². The summed E-state index contributed by atoms with van der Waals surface area (Å²) in [7, 11) is -3.05. The standard InChI is InChI=1S/C11H20N2O3S2/c1-3-11(4-2,10(12)17)13-9(14)8-5-6-18(15,16)7-8/h8H,3-7H2,1-2H3,(H2,12,17)(H,13,14). The predicted octanol–water partition coefficient (Wildman–Crippen LogP) is 0.382. The van der Waals surface area contributed by atoms with Gasteiger partial charge in [0.1, 0.15) is 0 Å². The molecule has 18 heavy (non-hydrogen) atoms. The van der Waals surface area contributed by atoms with Crippen molar-refractivity contribution in [2.75, 3.05) is 11.5 Å². The zero-order chi connectivity index (χ0) is 14.0. The van der Waals surface area contributed by atoms with Crippen LogP contribution in [0.4, 0.5) is 0 Å². The molecule has 1 atom stereocenters. The first-order valence-corrected chi connectivity index (χ1v) is 8.31. The molecule has 5 nitrogen and oxygen atoms in total. The molecular formula is C11H20N2O3S2. The van der Waals surface area contributed by atoms with Crippen molar-refractivity contribution in [3.63, 3.8) is 0 Å². The van der Waals surface area contributed by atoms with Gasteiger partial charge in [0.2, 0.25) is 5.91 Å². The van der Waals surface area contributed by atoms with Crippen LogP contribution in [0.25, 0.3) is 0 Å². The fraction of sp³-hybridized carbons (Fsp3) is 0.818. The molecule has 1 amide bonds. The van der Waals surface area contributed by atoms with Crippen LogP contribution >= 0.6 is 12.2 Å². The van der Waals surface area contributed by atoms with E-state index in [0.29, 0.717) is 19.3 Å². The molecular weight excluding hydrogens is 272 g/mol. The molecule has 1 rings (SSSR count). The summed E-state index contributed by atoms with van der Waals surface area (Å²) < 4.78 is 22.7. The molecule has 1 fully saturated rings. The lowest BCUT2D eigenvalue weighted by Crippen LogP contribution is -2.57. The second kappa shape index (κ2) is 5.52. The lowest BCUT2D eigenvalue weighted by atomic mass is 9.91. The van der Waals surface area contributed by atoms with Crippen molar-refractivity contribution >= 4 is 33.0 Å². The summed E-state index contributed by atoms with van der Waals surface area (Å²) in [6, 6.07) is 0. The largest absolute Gasteiger partial charge is 0.391 e. The van der Waals surface area contributed by atoms with E-state index in [2.05, 4.69) is 5.32 Å². The third kappa shape index (κ3) is 3.20. The Bertz CT molecular complexity index is 441. The minimum atomic E-state index is -3.05. The fourth-order valence-electron chi connectivity index (χ4n) is 2.18. The molecule has 0 radical (unpaired) electrons. The van der Waals surface area contributed by atoms with Crippen LogP contribution in [-0.2, 0) is 14.6 Å². The average molecular weight is 292 g/mol. The van der Waals surface area contributed by atoms with Crippen molar-refractivity contribution in [2.45, 2.75) is 38.6 Å². The van der Waals surface area contributed by atoms with Gasteiger partial charge in [-0.05, 0) is 19.3 Å². The monoisotopic (exact) mass is 292 g/mol. The number of nitrogens with one attached hydrogen (secondary N) is 1. The van der Waals surface area contributed by atoms with Crippen LogP contribution < -0.4 is 11.1 Å². The Morgan fingerprint density at radius 3 is 2.33 bits per heavy atom. The predicted molar refractivity (Wildman–Crippen MR) is 75.0 cm³/mol. The van der Waals surface area contributed by atoms with Gasteiger partial charge in [-0.3, -0.25) is 4.79 Å². The molecule has 1 saturated heterocycles. The average Bonchev–Trinajstić information content (AvgIpc) is 2.66. The topological polar surface area (TPSA) is 89.3 Å². The molecule has 0 aromatic rings. The Labute approximate surface area is 113 Å². The second-order valence-corrected chi connectivity index (χ2v) is 7.41. The Hall–Kier alpha value is -0.690. The molecule has 0 aromatic carbocycles. The molecule has 7 heteroatoms. The van der Waals surface area contributed by atoms with Gasteiger partial charge < -0.3 is 11.1 Å². The van der Waals surface area contributed by atoms with Gasteiger partial charge >= 0.3 is 0 Å². The number of rotatable bonds is 5. The molecule has 0 bridgehead atoms. The smallest absolute Gasteiger partial charge is 0.224 e. The highest BCUT2D eigenvalue weighted by atomic mass is 32.2. The number of thiocarbonyl (C=S) groups is 1. The van der Waals surface area contributed by atoms with E-state index in [1.54, 1.807) is 0 Å². The van der Waals surface area contributed by atoms with E-state index in [4.69, 9.17) is 18.0 Å². The summed E-state index contributed by atoms with van der Waals surface area (Å²) in [4.78, 5) is 12.3. The maximum absolute atomic E-state index is 12.1. The zero-order valence-corrected chi connectivity index (χ0v) is 12.4. The Balaban J connectivity index is 2.78. The number of carbonyl (C=O) groups excluding carboxylic acids is 1. The van der Waals surface area contributed by atoms with E-state index in [-0.39, 0.29) is 22.4 Å². The molecule has 0 aromatic heterocycles. The lowest BCUT2D eigenvalue weighted by Gasteiger charge is -2.32. The SMILES string of the molecule is CCC(CC)(NC(=O)C1CCS(=O)(=O)C1)C(N)=S. The number of hydrogen-bond acceptors (Lipinski definition) is 4. The van der Waals surface area contributed by atoms with Crippen LogP contribution in [-0.4, -0.2) is 36.4 Å². The van der Waals surface area contributed by atoms with E-state index >= 15 is 0 Å². The maximum atomic E-state index is 12.1. The first kappa shape index (κ1) is 15.4. The molecule has 3 N–H and O–H groups in total. The molecule has 1 aliphatic rings. The fourth-order valence-corrected chi connectivity index (χ4v) is 4.26. The third-order valence-corrected chi connectivity index (χ3v) is 5.80. The van der Waals surface area contributed by atoms with Crippen molar-refractivity contribution in [1.29, 1.82) is 0 Å². The van der Waals surface area contributed by atoms with Crippen molar-refractivity contribution in [3.05, 3.63) is 0 Å². The van der Waals surface area contributed by atoms with Crippen LogP contribution in [0, 0.1) is 5.92 Å². The summed E-state index contributed by atoms with van der Waals surface area (Å²) in [6.45, 7) is 3.79. The van der Waals surface area contributed by atoms with E-state index in [9.17, 15) is 13.2 Å². The number of carbonyl (C=O) groups is 1. The first-order valence-electron chi connectivity index (χ1n) is 6.08. The molecule has 1 unspecified atom stereocenters. The number of hydrogen-bond donors (Lipinski definition) is 2. The molecule has 0 spiro atoms. The quantitative estimate of drug-likeness (QED) is 0.715. The van der Waals surface area contributed by atoms with Crippen molar-refractivity contribution in [3.8, 4) is 0 Å². The summed E-state index contributed by atoms with van der Waals surface area (Å²) in [5.74, 6) is -0.710. The molecule has 1 heterocycles. The molecule has 0 saturated carbocycles. The van der Waals surface area contributed by atoms with Crippen LogP contribution in [0.2, 0.25) is 0 Å². The van der Waals surface area contributed by atoms with Gasteiger partial charge in [0, 0.05) is 0 Å². The highest BCUT2D eigenvalue weighted by molar-refractivity contribution is 7.91. The zero-order valence-electron chi connectivity index (χ0n) is 10.7. The Morgan fingerprint density at radius 1 is 1.44 bits per heavy atom. The van der Waals surface area contributed by atoms with Gasteiger partial charge in [-0.15, -0.1) is 0 Å². The molecule has 1 aliphatic heterocycles. The third-order valence-electron chi connectivity index (χ3n) is 3.64. The van der Waals surface area contributed by atoms with Gasteiger partial charge in [0.25, 0.3) is 0 Å². The summed E-state index contributed by atoms with van der Waals surface area (Å²) in [6.07, 6.45) is 1.59. The van der Waals surface area contributed by atoms with E-state index < -0.39 is 21.3 Å². The highest BCUT2D eigenvalue weighted by Crippen LogP contribution is 2.22. The minimum absolute atomic E-state index is 0.0698. The summed E-state index contributed by atoms with van der Waals surface area (Å²) in [5, 5.41) is 2.84. The van der Waals surface area contributed by atoms with Gasteiger partial charge in [-0.1, -0.05) is 26.1 Å². The van der Waals surface area contributed by atoms with E-state index in [0.717, 1.165) is 0 Å². The number of amides is 1. The Morgan fingerprint density at radius 2 is 2.00 bits per heavy atom. The summed E-state index contributed by atoms with van der Waals surface area (Å²) in [5.41, 5.74) is 5.00. The lowest BCUT2D eigenvalue weighted by molar-refractivity contribution is -0.125. The van der Waals surface area contributed by atoms with Crippen molar-refractivity contribution in [2.24, 2.45) is 11.7 Å². The number of nitrogens with two attached hydrogens (primary N) is 1. The van der Waals surface area contributed by atoms with Crippen molar-refractivity contribution < 1.29 is 13.2 Å². The first-order chi connectivity index (χ1) is 8.26. The summed E-state index contributed by atoms with van der Waals surface area (Å²) >= 11 is 5.01. The van der Waals surface area contributed by atoms with Crippen molar-refractivity contribution in [1.82, 2.24) is 5.32 Å². The second-order valence-electron chi connectivity index (χ2n) is 4.74. The van der Waals surface area contributed by atoms with Crippen LogP contribution in [0.15, 0.2) is 0 Å². The van der Waals surface area contributed by atoms with Gasteiger partial charge in [-0.2, -0.15) is 0 Å². The molecule has 104 valence electrons. The Kier molecular flexibility index (Phi) is 4.72. The highest BCUT2D eigenvalue weighted by Gasteiger charge is 2.38. The minimum Gasteiger partial charge on any atom is -0.391 e. The molecule has 0 aliphatic carbocycles. The number of sulfone groups is 1. The van der Waals surface area contributed by atoms with Gasteiger partial charge in [0.15, 0.2) is 9.84 Å². The van der Waals surface area contributed by atoms with E-state index in [1.165, 1.54) is 0 Å². The van der Waals surface area contributed by atoms with Crippen LogP contribution in [0.1, 0.15) is 33.1 Å². The maximum Gasteiger partial charge on any atom is 0.224 e. The normalized spacial score (nSPS) is 22.7.